The van der Waals surface area contributed by atoms with Gasteiger partial charge in [-0.2, -0.15) is 0 Å². The van der Waals surface area contributed by atoms with Gasteiger partial charge in [-0.05, 0) is 54.3 Å². The summed E-state index contributed by atoms with van der Waals surface area (Å²) < 4.78 is 32.2. The average Bonchev–Trinajstić information content (AvgIpc) is 3.58. The number of carbonyl (C=O) groups excluding carboxylic acids is 2. The van der Waals surface area contributed by atoms with Gasteiger partial charge in [0, 0.05) is 50.3 Å². The van der Waals surface area contributed by atoms with Crippen LogP contribution in [0, 0.1) is 5.82 Å². The number of anilines is 1. The van der Waals surface area contributed by atoms with Gasteiger partial charge < -0.3 is 25.1 Å². The van der Waals surface area contributed by atoms with Crippen LogP contribution in [-0.4, -0.2) is 66.4 Å². The third kappa shape index (κ3) is 7.19. The van der Waals surface area contributed by atoms with Crippen LogP contribution in [0.1, 0.15) is 19.8 Å². The second-order valence-electron chi connectivity index (χ2n) is 10.2. The number of urea groups is 1. The molecule has 0 radical (unpaired) electrons. The first-order valence-corrected chi connectivity index (χ1v) is 13.9. The zero-order valence-corrected chi connectivity index (χ0v) is 24.0. The number of imide groups is 1. The summed E-state index contributed by atoms with van der Waals surface area (Å²) in [6.45, 7) is 3.97. The number of nitrogens with zero attached hydrogens (tertiary/aromatic N) is 3. The summed E-state index contributed by atoms with van der Waals surface area (Å²) in [6.07, 6.45) is 2.83. The number of amides is 3. The minimum Gasteiger partial charge on any atom is -0.493 e. The average molecular weight is 589 g/mol. The Morgan fingerprint density at radius 1 is 1.02 bits per heavy atom. The fraction of sp³-hybridized carbons (Fsp3) is 0.281. The molecule has 0 unspecified atom stereocenters. The number of nitrogens with two attached hydrogens (primary N) is 1. The van der Waals surface area contributed by atoms with E-state index in [1.807, 2.05) is 0 Å². The SMILES string of the molecule is COc1cc2c(Oc3ccc(N(C(C)=O)C(N)=O)cc3F)ccnc2cc1OCCN1CCC(O)CC1.c1cc2cc-2c1. The number of pyridine rings is 1. The molecule has 10 nitrogen and oxygen atoms in total. The topological polar surface area (TPSA) is 127 Å². The van der Waals surface area contributed by atoms with Gasteiger partial charge in [-0.3, -0.25) is 14.7 Å². The molecule has 1 saturated heterocycles. The lowest BCUT2D eigenvalue weighted by Crippen LogP contribution is -2.39. The number of aromatic nitrogens is 1. The summed E-state index contributed by atoms with van der Waals surface area (Å²) in [5.41, 5.74) is 8.63. The van der Waals surface area contributed by atoms with Crippen LogP contribution >= 0.6 is 0 Å². The Labute approximate surface area is 248 Å². The van der Waals surface area contributed by atoms with E-state index in [2.05, 4.69) is 34.1 Å². The van der Waals surface area contributed by atoms with E-state index < -0.39 is 17.8 Å². The molecule has 2 aliphatic carbocycles. The number of likely N-dealkylation sites (tertiary alicyclic amines) is 1. The van der Waals surface area contributed by atoms with Gasteiger partial charge >= 0.3 is 6.03 Å². The Balaban J connectivity index is 0.000000537. The number of rotatable bonds is 8. The van der Waals surface area contributed by atoms with Crippen molar-refractivity contribution in [1.29, 1.82) is 0 Å². The first kappa shape index (κ1) is 29.7. The summed E-state index contributed by atoms with van der Waals surface area (Å²) in [4.78, 5) is 30.5. The third-order valence-corrected chi connectivity index (χ3v) is 7.25. The molecule has 3 amide bonds. The number of aliphatic hydroxyl groups is 1. The molecule has 224 valence electrons. The molecule has 0 bridgehead atoms. The molecule has 6 rings (SSSR count). The molecular weight excluding hydrogens is 555 g/mol. The van der Waals surface area contributed by atoms with E-state index in [0.717, 1.165) is 45.5 Å². The number of methoxy groups -OCH3 is 1. The molecule has 3 aliphatic rings. The van der Waals surface area contributed by atoms with E-state index in [1.165, 1.54) is 36.6 Å². The summed E-state index contributed by atoms with van der Waals surface area (Å²) in [6, 6.07) is 16.2. The molecule has 43 heavy (non-hydrogen) atoms. The van der Waals surface area contributed by atoms with Crippen LogP contribution in [0.4, 0.5) is 14.9 Å². The zero-order valence-electron chi connectivity index (χ0n) is 24.0. The molecule has 3 N–H and O–H groups in total. The fourth-order valence-electron chi connectivity index (χ4n) is 4.89. The summed E-state index contributed by atoms with van der Waals surface area (Å²) in [5.74, 6) is -0.230. The first-order chi connectivity index (χ1) is 20.7. The Morgan fingerprint density at radius 2 is 1.77 bits per heavy atom. The van der Waals surface area contributed by atoms with Crippen LogP contribution in [0.3, 0.4) is 0 Å². The van der Waals surface area contributed by atoms with Crippen LogP contribution in [0.15, 0.2) is 66.9 Å². The smallest absolute Gasteiger partial charge is 0.326 e. The lowest BCUT2D eigenvalue weighted by Gasteiger charge is -2.29. The van der Waals surface area contributed by atoms with Gasteiger partial charge in [0.25, 0.3) is 0 Å². The predicted octanol–water partition coefficient (Wildman–Crippen LogP) is 5.11. The monoisotopic (exact) mass is 588 g/mol. The molecule has 0 spiro atoms. The van der Waals surface area contributed by atoms with E-state index in [1.54, 1.807) is 18.2 Å². The molecule has 1 aliphatic heterocycles. The second kappa shape index (κ2) is 13.1. The normalized spacial score (nSPS) is 14.0. The van der Waals surface area contributed by atoms with Crippen molar-refractivity contribution in [2.45, 2.75) is 25.9 Å². The highest BCUT2D eigenvalue weighted by molar-refractivity contribution is 6.12. The van der Waals surface area contributed by atoms with Crippen molar-refractivity contribution in [2.75, 3.05) is 38.3 Å². The molecule has 2 heterocycles. The summed E-state index contributed by atoms with van der Waals surface area (Å²) in [5, 5.41) is 10.2. The molecule has 0 atom stereocenters. The second-order valence-corrected chi connectivity index (χ2v) is 10.2. The van der Waals surface area contributed by atoms with Crippen LogP contribution in [0.2, 0.25) is 0 Å². The quantitative estimate of drug-likeness (QED) is 0.256. The zero-order chi connectivity index (χ0) is 30.5. The number of hydrogen-bond acceptors (Lipinski definition) is 8. The maximum atomic E-state index is 14.9. The van der Waals surface area contributed by atoms with E-state index in [-0.39, 0.29) is 17.5 Å². The molecule has 2 aromatic carbocycles. The first-order valence-electron chi connectivity index (χ1n) is 13.9. The van der Waals surface area contributed by atoms with Crippen LogP contribution in [0.25, 0.3) is 22.0 Å². The molecule has 3 aromatic rings. The van der Waals surface area contributed by atoms with Gasteiger partial charge in [0.05, 0.1) is 24.4 Å². The number of carbonyl (C=O) groups is 2. The van der Waals surface area contributed by atoms with Crippen molar-refractivity contribution in [3.8, 4) is 34.1 Å². The van der Waals surface area contributed by atoms with Crippen molar-refractivity contribution in [2.24, 2.45) is 5.73 Å². The molecule has 1 aromatic heterocycles. The molecule has 1 fully saturated rings. The highest BCUT2D eigenvalue weighted by atomic mass is 19.1. The van der Waals surface area contributed by atoms with E-state index in [0.29, 0.717) is 39.7 Å². The summed E-state index contributed by atoms with van der Waals surface area (Å²) in [7, 11) is 1.52. The minimum absolute atomic E-state index is 0.00590. The maximum Gasteiger partial charge on any atom is 0.326 e. The Hall–Kier alpha value is -4.74. The minimum atomic E-state index is -1.01. The van der Waals surface area contributed by atoms with E-state index >= 15 is 0 Å². The number of fused-ring (bicyclic) bond motifs is 2. The van der Waals surface area contributed by atoms with Crippen molar-refractivity contribution in [3.63, 3.8) is 0 Å². The van der Waals surface area contributed by atoms with Gasteiger partial charge in [-0.1, -0.05) is 18.2 Å². The van der Waals surface area contributed by atoms with Crippen molar-refractivity contribution < 1.29 is 33.3 Å². The number of benzene rings is 3. The molecule has 0 saturated carbocycles. The van der Waals surface area contributed by atoms with Crippen LogP contribution in [-0.2, 0) is 4.79 Å². The van der Waals surface area contributed by atoms with E-state index in [4.69, 9.17) is 19.9 Å². The summed E-state index contributed by atoms with van der Waals surface area (Å²) >= 11 is 0. The van der Waals surface area contributed by atoms with Gasteiger partial charge in [-0.15, -0.1) is 0 Å². The van der Waals surface area contributed by atoms with E-state index in [9.17, 15) is 19.1 Å². The largest absolute Gasteiger partial charge is 0.493 e. The Bertz CT molecular complexity index is 1610. The number of hydrogen-bond donors (Lipinski definition) is 2. The molecule has 11 heteroatoms. The van der Waals surface area contributed by atoms with Crippen molar-refractivity contribution >= 4 is 28.5 Å². The van der Waals surface area contributed by atoms with Gasteiger partial charge in [-0.25, -0.2) is 14.1 Å². The highest BCUT2D eigenvalue weighted by Crippen LogP contribution is 2.38. The van der Waals surface area contributed by atoms with Gasteiger partial charge in [0.2, 0.25) is 5.91 Å². The Kier molecular flexibility index (Phi) is 9.03. The molecular formula is C32H33FN4O6. The van der Waals surface area contributed by atoms with Gasteiger partial charge in [0.15, 0.2) is 23.1 Å². The van der Waals surface area contributed by atoms with Gasteiger partial charge in [0.1, 0.15) is 12.4 Å². The lowest BCUT2D eigenvalue weighted by molar-refractivity contribution is -0.115. The lowest BCUT2D eigenvalue weighted by atomic mass is 10.1. The number of aliphatic hydroxyl groups excluding tert-OH is 1. The predicted molar refractivity (Wildman–Crippen MR) is 160 cm³/mol. The number of piperidine rings is 1. The number of primary amides is 1. The van der Waals surface area contributed by atoms with Crippen LogP contribution in [0.5, 0.6) is 23.0 Å². The maximum absolute atomic E-state index is 14.9. The van der Waals surface area contributed by atoms with Crippen molar-refractivity contribution in [3.05, 3.63) is 72.7 Å². The number of ether oxygens (including phenoxy) is 3. The Morgan fingerprint density at radius 3 is 2.35 bits per heavy atom. The van der Waals surface area contributed by atoms with Crippen LogP contribution < -0.4 is 24.8 Å². The van der Waals surface area contributed by atoms with Crippen molar-refractivity contribution in [1.82, 2.24) is 9.88 Å². The highest BCUT2D eigenvalue weighted by Gasteiger charge is 2.20. The fourth-order valence-corrected chi connectivity index (χ4v) is 4.89. The number of halogens is 1. The standard InChI is InChI=1S/C26H29FN4O6.C6H4/c1-16(32)31(26(28)34)17-3-4-23(20(27)13-17)37-22-5-8-29-21-15-25(24(35-2)14-19(21)22)36-12-11-30-9-6-18(33)7-10-30;1-2-5-4-6(5)3-1/h3-5,8,13-15,18,33H,6-7,9-12H2,1-2H3,(H2,28,34);1-4H. The third-order valence-electron chi connectivity index (χ3n) is 7.25.